The van der Waals surface area contributed by atoms with Crippen molar-refractivity contribution in [2.75, 3.05) is 32.4 Å². The summed E-state index contributed by atoms with van der Waals surface area (Å²) in [6, 6.07) is 7.93. The zero-order valence-corrected chi connectivity index (χ0v) is 14.1. The Kier molecular flexibility index (Phi) is 6.87. The fourth-order valence-corrected chi connectivity index (χ4v) is 3.49. The van der Waals surface area contributed by atoms with Crippen molar-refractivity contribution in [2.24, 2.45) is 5.92 Å². The maximum atomic E-state index is 12.1. The number of carbonyl (C=O) groups excluding carboxylic acids is 1. The molecule has 1 heterocycles. The summed E-state index contributed by atoms with van der Waals surface area (Å²) in [5.74, 6) is 2.29. The van der Waals surface area contributed by atoms with E-state index >= 15 is 0 Å². The largest absolute Gasteiger partial charge is 0.355 e. The van der Waals surface area contributed by atoms with E-state index in [1.165, 1.54) is 5.56 Å². The summed E-state index contributed by atoms with van der Waals surface area (Å²) < 4.78 is 0. The Hall–Kier alpha value is -0.710. The van der Waals surface area contributed by atoms with Crippen LogP contribution in [0, 0.1) is 5.92 Å². The van der Waals surface area contributed by atoms with Gasteiger partial charge in [0.15, 0.2) is 0 Å². The van der Waals surface area contributed by atoms with Crippen LogP contribution in [0.3, 0.4) is 0 Å². The maximum absolute atomic E-state index is 12.1. The quantitative estimate of drug-likeness (QED) is 0.816. The van der Waals surface area contributed by atoms with Crippen molar-refractivity contribution in [3.8, 4) is 0 Å². The lowest BCUT2D eigenvalue weighted by atomic mass is 9.98. The molecule has 1 aromatic rings. The second-order valence-corrected chi connectivity index (χ2v) is 7.11. The molecule has 0 spiro atoms. The van der Waals surface area contributed by atoms with E-state index in [0.29, 0.717) is 0 Å². The molecule has 5 heteroatoms. The molecule has 1 amide bonds. The highest BCUT2D eigenvalue weighted by molar-refractivity contribution is 7.98. The fraction of sp³-hybridized carbons (Fsp3) is 0.562. The van der Waals surface area contributed by atoms with Gasteiger partial charge in [-0.3, -0.25) is 4.79 Å². The number of benzene rings is 1. The van der Waals surface area contributed by atoms with E-state index in [0.717, 1.165) is 49.0 Å². The standard InChI is InChI=1S/C16H23ClN2OS/c1-19-9-2-3-14(11-19)16(20)18-8-10-21-12-13-4-6-15(17)7-5-13/h4-7,14H,2-3,8-12H2,1H3,(H,18,20). The van der Waals surface area contributed by atoms with Crippen molar-refractivity contribution in [2.45, 2.75) is 18.6 Å². The summed E-state index contributed by atoms with van der Waals surface area (Å²) >= 11 is 7.69. The lowest BCUT2D eigenvalue weighted by Gasteiger charge is -2.28. The van der Waals surface area contributed by atoms with Crippen LogP contribution in [0.25, 0.3) is 0 Å². The van der Waals surface area contributed by atoms with Gasteiger partial charge in [0.1, 0.15) is 0 Å². The smallest absolute Gasteiger partial charge is 0.224 e. The summed E-state index contributed by atoms with van der Waals surface area (Å²) in [7, 11) is 2.08. The second kappa shape index (κ2) is 8.66. The van der Waals surface area contributed by atoms with Crippen molar-refractivity contribution in [1.29, 1.82) is 0 Å². The first-order valence-electron chi connectivity index (χ1n) is 7.43. The molecule has 1 atom stereocenters. The van der Waals surface area contributed by atoms with Crippen molar-refractivity contribution in [3.63, 3.8) is 0 Å². The molecule has 1 unspecified atom stereocenters. The number of carbonyl (C=O) groups is 1. The summed E-state index contributed by atoms with van der Waals surface area (Å²) in [6.45, 7) is 2.75. The minimum absolute atomic E-state index is 0.171. The Morgan fingerprint density at radius 2 is 2.19 bits per heavy atom. The Bertz CT molecular complexity index is 452. The molecule has 0 aromatic heterocycles. The maximum Gasteiger partial charge on any atom is 0.224 e. The molecule has 1 N–H and O–H groups in total. The van der Waals surface area contributed by atoms with E-state index < -0.39 is 0 Å². The number of hydrogen-bond donors (Lipinski definition) is 1. The predicted octanol–water partition coefficient (Wildman–Crippen LogP) is 3.03. The molecule has 1 aromatic carbocycles. The highest BCUT2D eigenvalue weighted by Gasteiger charge is 2.23. The first-order valence-corrected chi connectivity index (χ1v) is 8.97. The number of nitrogens with one attached hydrogen (secondary N) is 1. The molecule has 1 aliphatic heterocycles. The monoisotopic (exact) mass is 326 g/mol. The van der Waals surface area contributed by atoms with Crippen LogP contribution in [0.15, 0.2) is 24.3 Å². The number of likely N-dealkylation sites (tertiary alicyclic amines) is 1. The lowest BCUT2D eigenvalue weighted by Crippen LogP contribution is -2.41. The van der Waals surface area contributed by atoms with Crippen LogP contribution in [0.4, 0.5) is 0 Å². The minimum Gasteiger partial charge on any atom is -0.355 e. The van der Waals surface area contributed by atoms with Crippen molar-refractivity contribution < 1.29 is 4.79 Å². The number of halogens is 1. The Labute approximate surface area is 136 Å². The van der Waals surface area contributed by atoms with Gasteiger partial charge in [0.25, 0.3) is 0 Å². The topological polar surface area (TPSA) is 32.3 Å². The van der Waals surface area contributed by atoms with Gasteiger partial charge in [-0.1, -0.05) is 23.7 Å². The van der Waals surface area contributed by atoms with Crippen LogP contribution in [-0.4, -0.2) is 43.2 Å². The number of thioether (sulfide) groups is 1. The van der Waals surface area contributed by atoms with Crippen molar-refractivity contribution in [1.82, 2.24) is 10.2 Å². The van der Waals surface area contributed by atoms with Crippen molar-refractivity contribution in [3.05, 3.63) is 34.9 Å². The molecule has 1 fully saturated rings. The van der Waals surface area contributed by atoms with Gasteiger partial charge in [0, 0.05) is 29.6 Å². The first kappa shape index (κ1) is 16.7. The third kappa shape index (κ3) is 5.89. The van der Waals surface area contributed by atoms with E-state index in [1.807, 2.05) is 36.0 Å². The fourth-order valence-electron chi connectivity index (χ4n) is 2.54. The molecule has 0 bridgehead atoms. The SMILES string of the molecule is CN1CCCC(C(=O)NCCSCc2ccc(Cl)cc2)C1. The van der Waals surface area contributed by atoms with E-state index in [1.54, 1.807) is 0 Å². The van der Waals surface area contributed by atoms with Crippen molar-refractivity contribution >= 4 is 29.3 Å². The average Bonchev–Trinajstić information content (AvgIpc) is 2.48. The highest BCUT2D eigenvalue weighted by Crippen LogP contribution is 2.16. The van der Waals surface area contributed by atoms with Crippen LogP contribution in [0.5, 0.6) is 0 Å². The summed E-state index contributed by atoms with van der Waals surface area (Å²) in [6.07, 6.45) is 2.15. The number of rotatable bonds is 6. The summed E-state index contributed by atoms with van der Waals surface area (Å²) in [5, 5.41) is 3.83. The molecule has 1 saturated heterocycles. The number of nitrogens with zero attached hydrogens (tertiary/aromatic N) is 1. The van der Waals surface area contributed by atoms with E-state index in [2.05, 4.69) is 17.3 Å². The number of hydrogen-bond acceptors (Lipinski definition) is 3. The molecular formula is C16H23ClN2OS. The number of piperidine rings is 1. The molecule has 1 aliphatic rings. The van der Waals surface area contributed by atoms with E-state index in [9.17, 15) is 4.79 Å². The lowest BCUT2D eigenvalue weighted by molar-refractivity contribution is -0.126. The Balaban J connectivity index is 1.59. The molecule has 21 heavy (non-hydrogen) atoms. The Morgan fingerprint density at radius 1 is 1.43 bits per heavy atom. The van der Waals surface area contributed by atoms with Crippen LogP contribution in [-0.2, 0) is 10.5 Å². The molecule has 0 aliphatic carbocycles. The zero-order chi connectivity index (χ0) is 15.1. The van der Waals surface area contributed by atoms with Gasteiger partial charge in [0.2, 0.25) is 5.91 Å². The second-order valence-electron chi connectivity index (χ2n) is 5.57. The van der Waals surface area contributed by atoms with Crippen LogP contribution < -0.4 is 5.32 Å². The minimum atomic E-state index is 0.171. The average molecular weight is 327 g/mol. The molecule has 2 rings (SSSR count). The van der Waals surface area contributed by atoms with Gasteiger partial charge >= 0.3 is 0 Å². The van der Waals surface area contributed by atoms with Gasteiger partial charge in [-0.2, -0.15) is 11.8 Å². The molecular weight excluding hydrogens is 304 g/mol. The highest BCUT2D eigenvalue weighted by atomic mass is 35.5. The van der Waals surface area contributed by atoms with Crippen LogP contribution >= 0.6 is 23.4 Å². The molecule has 0 saturated carbocycles. The molecule has 0 radical (unpaired) electrons. The normalized spacial score (nSPS) is 19.4. The molecule has 3 nitrogen and oxygen atoms in total. The zero-order valence-electron chi connectivity index (χ0n) is 12.5. The van der Waals surface area contributed by atoms with Gasteiger partial charge in [0.05, 0.1) is 5.92 Å². The van der Waals surface area contributed by atoms with Gasteiger partial charge in [-0.15, -0.1) is 0 Å². The first-order chi connectivity index (χ1) is 10.1. The third-order valence-corrected chi connectivity index (χ3v) is 5.01. The Morgan fingerprint density at radius 3 is 2.90 bits per heavy atom. The summed E-state index contributed by atoms with van der Waals surface area (Å²) in [5.41, 5.74) is 1.27. The van der Waals surface area contributed by atoms with E-state index in [4.69, 9.17) is 11.6 Å². The van der Waals surface area contributed by atoms with E-state index in [-0.39, 0.29) is 11.8 Å². The van der Waals surface area contributed by atoms with Crippen LogP contribution in [0.2, 0.25) is 5.02 Å². The van der Waals surface area contributed by atoms with Gasteiger partial charge < -0.3 is 10.2 Å². The summed E-state index contributed by atoms with van der Waals surface area (Å²) in [4.78, 5) is 14.3. The van der Waals surface area contributed by atoms with Crippen LogP contribution in [0.1, 0.15) is 18.4 Å². The predicted molar refractivity (Wildman–Crippen MR) is 90.8 cm³/mol. The number of amides is 1. The van der Waals surface area contributed by atoms with Gasteiger partial charge in [-0.25, -0.2) is 0 Å². The molecule has 116 valence electrons. The van der Waals surface area contributed by atoms with Gasteiger partial charge in [-0.05, 0) is 44.1 Å². The third-order valence-electron chi connectivity index (χ3n) is 3.72.